The summed E-state index contributed by atoms with van der Waals surface area (Å²) in [5, 5.41) is 7.45. The number of nitrogens with one attached hydrogen (secondary N) is 2. The van der Waals surface area contributed by atoms with Crippen LogP contribution in [0.15, 0.2) is 24.3 Å². The molecule has 2 rings (SSSR count). The lowest BCUT2D eigenvalue weighted by molar-refractivity contribution is 0.0981. The fourth-order valence-corrected chi connectivity index (χ4v) is 3.84. The number of thiophene rings is 1. The van der Waals surface area contributed by atoms with E-state index in [2.05, 4.69) is 29.4 Å². The number of hydrogen-bond donors (Lipinski definition) is 2. The molecule has 1 aromatic heterocycles. The van der Waals surface area contributed by atoms with Gasteiger partial charge in [0.15, 0.2) is 5.11 Å². The van der Waals surface area contributed by atoms with Gasteiger partial charge in [-0.15, -0.1) is 11.3 Å². The number of amides is 1. The van der Waals surface area contributed by atoms with Gasteiger partial charge in [0.05, 0.1) is 5.02 Å². The van der Waals surface area contributed by atoms with Gasteiger partial charge in [0.25, 0.3) is 5.91 Å². The van der Waals surface area contributed by atoms with Crippen molar-refractivity contribution in [2.75, 3.05) is 26.2 Å². The number of halogens is 1. The van der Waals surface area contributed by atoms with Gasteiger partial charge in [-0.25, -0.2) is 0 Å². The van der Waals surface area contributed by atoms with Crippen molar-refractivity contribution in [1.29, 1.82) is 0 Å². The zero-order chi connectivity index (χ0) is 16.8. The summed E-state index contributed by atoms with van der Waals surface area (Å²) in [4.78, 5) is 15.1. The van der Waals surface area contributed by atoms with Crippen LogP contribution in [-0.2, 0) is 0 Å². The standard InChI is InChI=1S/C16H20ClN3OS2/c1-3-20(4-2)10-9-18-16(22)19-15(21)14-13(17)11-7-5-6-8-12(11)23-14/h5-8H,3-4,9-10H2,1-2H3,(H2,18,19,21,22). The van der Waals surface area contributed by atoms with Crippen LogP contribution in [0.4, 0.5) is 0 Å². The number of nitrogens with zero attached hydrogens (tertiary/aromatic N) is 1. The summed E-state index contributed by atoms with van der Waals surface area (Å²) in [6.45, 7) is 7.80. The Morgan fingerprint density at radius 3 is 2.65 bits per heavy atom. The molecule has 1 aromatic carbocycles. The predicted octanol–water partition coefficient (Wildman–Crippen LogP) is 3.50. The number of rotatable bonds is 6. The number of carbonyl (C=O) groups excluding carboxylic acids is 1. The van der Waals surface area contributed by atoms with Crippen LogP contribution >= 0.6 is 35.2 Å². The molecule has 0 radical (unpaired) electrons. The normalized spacial score (nSPS) is 11.0. The molecular weight excluding hydrogens is 350 g/mol. The fraction of sp³-hybridized carbons (Fsp3) is 0.375. The minimum absolute atomic E-state index is 0.267. The van der Waals surface area contributed by atoms with Crippen LogP contribution in [0, 0.1) is 0 Å². The number of hydrogen-bond acceptors (Lipinski definition) is 4. The monoisotopic (exact) mass is 369 g/mol. The largest absolute Gasteiger partial charge is 0.361 e. The van der Waals surface area contributed by atoms with Crippen molar-refractivity contribution in [1.82, 2.24) is 15.5 Å². The van der Waals surface area contributed by atoms with Crippen molar-refractivity contribution in [3.63, 3.8) is 0 Å². The van der Waals surface area contributed by atoms with Crippen LogP contribution in [-0.4, -0.2) is 42.1 Å². The second-order valence-corrected chi connectivity index (χ2v) is 6.82. The van der Waals surface area contributed by atoms with Gasteiger partial charge in [0, 0.05) is 23.2 Å². The summed E-state index contributed by atoms with van der Waals surface area (Å²) < 4.78 is 0.989. The van der Waals surface area contributed by atoms with E-state index in [1.54, 1.807) is 0 Å². The van der Waals surface area contributed by atoms with Crippen LogP contribution in [0.5, 0.6) is 0 Å². The SMILES string of the molecule is CCN(CC)CCNC(=S)NC(=O)c1sc2ccccc2c1Cl. The Hall–Kier alpha value is -1.21. The molecule has 0 saturated heterocycles. The molecule has 0 aliphatic rings. The maximum atomic E-state index is 12.3. The number of likely N-dealkylation sites (N-methyl/N-ethyl adjacent to an activating group) is 1. The third kappa shape index (κ3) is 4.64. The van der Waals surface area contributed by atoms with E-state index in [1.165, 1.54) is 11.3 Å². The van der Waals surface area contributed by atoms with Crippen molar-refractivity contribution in [3.05, 3.63) is 34.2 Å². The average Bonchev–Trinajstić information content (AvgIpc) is 2.89. The summed E-state index contributed by atoms with van der Waals surface area (Å²) in [5.74, 6) is -0.267. The Labute approximate surface area is 150 Å². The smallest absolute Gasteiger partial charge is 0.269 e. The highest BCUT2D eigenvalue weighted by Crippen LogP contribution is 2.34. The molecule has 4 nitrogen and oxygen atoms in total. The lowest BCUT2D eigenvalue weighted by atomic mass is 10.2. The van der Waals surface area contributed by atoms with Gasteiger partial charge in [-0.2, -0.15) is 0 Å². The zero-order valence-corrected chi connectivity index (χ0v) is 15.6. The molecule has 0 unspecified atom stereocenters. The number of benzene rings is 1. The summed E-state index contributed by atoms with van der Waals surface area (Å²) in [6, 6.07) is 7.69. The minimum Gasteiger partial charge on any atom is -0.361 e. The first kappa shape index (κ1) is 18.1. The second kappa shape index (κ2) is 8.59. The molecule has 0 aliphatic heterocycles. The summed E-state index contributed by atoms with van der Waals surface area (Å²) in [7, 11) is 0. The number of thiocarbonyl (C=S) groups is 1. The van der Waals surface area contributed by atoms with Crippen molar-refractivity contribution in [3.8, 4) is 0 Å². The highest BCUT2D eigenvalue weighted by molar-refractivity contribution is 7.80. The fourth-order valence-electron chi connectivity index (χ4n) is 2.23. The number of carbonyl (C=O) groups is 1. The third-order valence-corrected chi connectivity index (χ3v) is 5.50. The lowest BCUT2D eigenvalue weighted by Gasteiger charge is -2.18. The van der Waals surface area contributed by atoms with Gasteiger partial charge in [0.2, 0.25) is 0 Å². The van der Waals surface area contributed by atoms with Gasteiger partial charge in [-0.1, -0.05) is 43.6 Å². The molecule has 0 fully saturated rings. The first-order chi connectivity index (χ1) is 11.1. The summed E-state index contributed by atoms with van der Waals surface area (Å²) in [5.41, 5.74) is 0. The molecule has 7 heteroatoms. The molecule has 124 valence electrons. The van der Waals surface area contributed by atoms with E-state index >= 15 is 0 Å². The third-order valence-electron chi connectivity index (χ3n) is 3.58. The van der Waals surface area contributed by atoms with E-state index in [4.69, 9.17) is 23.8 Å². The second-order valence-electron chi connectivity index (χ2n) is 4.98. The maximum absolute atomic E-state index is 12.3. The van der Waals surface area contributed by atoms with Gasteiger partial charge in [-0.05, 0) is 31.4 Å². The summed E-state index contributed by atoms with van der Waals surface area (Å²) in [6.07, 6.45) is 0. The highest BCUT2D eigenvalue weighted by atomic mass is 35.5. The Morgan fingerprint density at radius 1 is 1.30 bits per heavy atom. The van der Waals surface area contributed by atoms with Crippen LogP contribution in [0.2, 0.25) is 5.02 Å². The molecule has 0 saturated carbocycles. The Kier molecular flexibility index (Phi) is 6.77. The maximum Gasteiger partial charge on any atom is 0.269 e. The topological polar surface area (TPSA) is 44.4 Å². The Balaban J connectivity index is 1.93. The molecule has 23 heavy (non-hydrogen) atoms. The van der Waals surface area contributed by atoms with Crippen molar-refractivity contribution >= 4 is 56.3 Å². The van der Waals surface area contributed by atoms with E-state index in [1.807, 2.05) is 24.3 Å². The molecule has 0 bridgehead atoms. The summed E-state index contributed by atoms with van der Waals surface area (Å²) >= 11 is 12.8. The van der Waals surface area contributed by atoms with Crippen LogP contribution in [0.1, 0.15) is 23.5 Å². The Bertz CT molecular complexity index is 698. The van der Waals surface area contributed by atoms with E-state index < -0.39 is 0 Å². The first-order valence-corrected chi connectivity index (χ1v) is 9.15. The van der Waals surface area contributed by atoms with E-state index in [0.717, 1.165) is 29.7 Å². The highest BCUT2D eigenvalue weighted by Gasteiger charge is 2.17. The van der Waals surface area contributed by atoms with Gasteiger partial charge < -0.3 is 10.2 Å². The number of fused-ring (bicyclic) bond motifs is 1. The quantitative estimate of drug-likeness (QED) is 0.765. The lowest BCUT2D eigenvalue weighted by Crippen LogP contribution is -2.42. The zero-order valence-electron chi connectivity index (χ0n) is 13.2. The van der Waals surface area contributed by atoms with Gasteiger partial charge in [-0.3, -0.25) is 10.1 Å². The molecule has 0 atom stereocenters. The van der Waals surface area contributed by atoms with Crippen molar-refractivity contribution in [2.24, 2.45) is 0 Å². The molecular formula is C16H20ClN3OS2. The van der Waals surface area contributed by atoms with E-state index in [9.17, 15) is 4.79 Å². The Morgan fingerprint density at radius 2 is 2.00 bits per heavy atom. The molecule has 1 heterocycles. The average molecular weight is 370 g/mol. The first-order valence-electron chi connectivity index (χ1n) is 7.55. The predicted molar refractivity (Wildman–Crippen MR) is 103 cm³/mol. The van der Waals surface area contributed by atoms with Crippen LogP contribution in [0.3, 0.4) is 0 Å². The van der Waals surface area contributed by atoms with Crippen LogP contribution < -0.4 is 10.6 Å². The minimum atomic E-state index is -0.267. The molecule has 0 spiro atoms. The molecule has 2 N–H and O–H groups in total. The van der Waals surface area contributed by atoms with E-state index in [0.29, 0.717) is 21.6 Å². The van der Waals surface area contributed by atoms with Gasteiger partial charge >= 0.3 is 0 Å². The van der Waals surface area contributed by atoms with Crippen LogP contribution in [0.25, 0.3) is 10.1 Å². The molecule has 2 aromatic rings. The van der Waals surface area contributed by atoms with Gasteiger partial charge in [0.1, 0.15) is 4.88 Å². The van der Waals surface area contributed by atoms with E-state index in [-0.39, 0.29) is 5.91 Å². The van der Waals surface area contributed by atoms with Crippen molar-refractivity contribution < 1.29 is 4.79 Å². The molecule has 1 amide bonds. The molecule has 0 aliphatic carbocycles. The van der Waals surface area contributed by atoms with Crippen molar-refractivity contribution in [2.45, 2.75) is 13.8 Å².